The minimum atomic E-state index is -0.180. The average Bonchev–Trinajstić information content (AvgIpc) is 3.13. The van der Waals surface area contributed by atoms with Crippen molar-refractivity contribution >= 4 is 5.57 Å². The normalized spacial score (nSPS) is 14.1. The minimum absolute atomic E-state index is 0.140. The topological polar surface area (TPSA) is 38.0 Å². The highest BCUT2D eigenvalue weighted by molar-refractivity contribution is 5.76. The van der Waals surface area contributed by atoms with Crippen LogP contribution in [0.3, 0.4) is 0 Å². The fourth-order valence-electron chi connectivity index (χ4n) is 3.18. The molecule has 0 saturated carbocycles. The molecule has 0 radical (unpaired) electrons. The third-order valence-corrected chi connectivity index (χ3v) is 4.52. The summed E-state index contributed by atoms with van der Waals surface area (Å²) in [6.45, 7) is -0.180. The summed E-state index contributed by atoms with van der Waals surface area (Å²) in [6.07, 6.45) is 4.87. The van der Waals surface area contributed by atoms with Crippen molar-refractivity contribution in [3.05, 3.63) is 90.0 Å². The van der Waals surface area contributed by atoms with Crippen LogP contribution in [0.25, 0.3) is 22.4 Å². The molecule has 0 fully saturated rings. The first-order valence-corrected chi connectivity index (χ1v) is 8.67. The number of halogens is 1. The summed E-state index contributed by atoms with van der Waals surface area (Å²) in [7, 11) is 0. The Morgan fingerprint density at radius 3 is 2.42 bits per heavy atom. The van der Waals surface area contributed by atoms with Crippen molar-refractivity contribution < 1.29 is 9.50 Å². The van der Waals surface area contributed by atoms with Crippen molar-refractivity contribution in [1.82, 2.24) is 9.78 Å². The molecule has 26 heavy (non-hydrogen) atoms. The van der Waals surface area contributed by atoms with E-state index in [9.17, 15) is 9.50 Å². The molecule has 2 aromatic carbocycles. The van der Waals surface area contributed by atoms with E-state index in [1.807, 2.05) is 48.5 Å². The number of allylic oxidation sites excluding steroid dienone is 4. The van der Waals surface area contributed by atoms with E-state index in [1.165, 1.54) is 0 Å². The summed E-state index contributed by atoms with van der Waals surface area (Å²) in [5, 5.41) is 13.9. The maximum Gasteiger partial charge on any atom is 0.110 e. The predicted octanol–water partition coefficient (Wildman–Crippen LogP) is 5.06. The monoisotopic (exact) mass is 346 g/mol. The van der Waals surface area contributed by atoms with Crippen LogP contribution in [0.15, 0.2) is 78.6 Å². The van der Waals surface area contributed by atoms with E-state index in [1.54, 1.807) is 16.8 Å². The van der Waals surface area contributed by atoms with Gasteiger partial charge in [0, 0.05) is 12.0 Å². The molecule has 0 saturated heterocycles. The highest BCUT2D eigenvalue weighted by atomic mass is 19.1. The van der Waals surface area contributed by atoms with E-state index in [2.05, 4.69) is 17.2 Å². The number of aliphatic hydroxyl groups is 1. The van der Waals surface area contributed by atoms with Crippen LogP contribution in [0, 0.1) is 0 Å². The smallest absolute Gasteiger partial charge is 0.110 e. The van der Waals surface area contributed by atoms with Gasteiger partial charge in [-0.25, -0.2) is 9.07 Å². The van der Waals surface area contributed by atoms with Gasteiger partial charge in [-0.2, -0.15) is 5.10 Å². The molecule has 1 aromatic heterocycles. The van der Waals surface area contributed by atoms with Crippen LogP contribution in [0.4, 0.5) is 4.39 Å². The van der Waals surface area contributed by atoms with Gasteiger partial charge in [0.2, 0.25) is 0 Å². The van der Waals surface area contributed by atoms with E-state index < -0.39 is 0 Å². The van der Waals surface area contributed by atoms with Gasteiger partial charge in [0.1, 0.15) is 5.83 Å². The maximum absolute atomic E-state index is 14.4. The maximum atomic E-state index is 14.4. The lowest BCUT2D eigenvalue weighted by molar-refractivity contribution is 0.276. The van der Waals surface area contributed by atoms with Gasteiger partial charge >= 0.3 is 0 Å². The molecule has 0 bridgehead atoms. The van der Waals surface area contributed by atoms with Gasteiger partial charge in [-0.3, -0.25) is 0 Å². The summed E-state index contributed by atoms with van der Waals surface area (Å²) in [5.41, 5.74) is 4.80. The van der Waals surface area contributed by atoms with E-state index in [0.717, 1.165) is 16.8 Å². The summed E-state index contributed by atoms with van der Waals surface area (Å²) >= 11 is 0. The third-order valence-electron chi connectivity index (χ3n) is 4.52. The van der Waals surface area contributed by atoms with E-state index in [-0.39, 0.29) is 12.4 Å². The molecule has 4 heteroatoms. The zero-order valence-corrected chi connectivity index (χ0v) is 14.3. The molecule has 1 aliphatic rings. The standard InChI is InChI=1S/C22H19FN2O/c23-21-9-5-4-8-20(21)22-14-18(15-26)24-25(22)19-12-10-17(11-13-19)16-6-2-1-3-7-16/h1-4,6-8,10-14,26H,5,9,15H2. The number of hydrogen-bond donors (Lipinski definition) is 1. The second-order valence-corrected chi connectivity index (χ2v) is 6.26. The lowest BCUT2D eigenvalue weighted by Gasteiger charge is -2.13. The second kappa shape index (κ2) is 7.10. The number of benzene rings is 2. The van der Waals surface area contributed by atoms with Crippen LogP contribution in [0.1, 0.15) is 24.2 Å². The number of aliphatic hydroxyl groups excluding tert-OH is 1. The third kappa shape index (κ3) is 3.11. The summed E-state index contributed by atoms with van der Waals surface area (Å²) in [4.78, 5) is 0. The molecule has 4 rings (SSSR count). The summed E-state index contributed by atoms with van der Waals surface area (Å²) in [6, 6.07) is 19.8. The molecule has 1 heterocycles. The molecule has 3 aromatic rings. The van der Waals surface area contributed by atoms with Crippen molar-refractivity contribution in [2.75, 3.05) is 0 Å². The molecule has 130 valence electrons. The molecule has 1 N–H and O–H groups in total. The Hall–Kier alpha value is -2.98. The van der Waals surface area contributed by atoms with E-state index in [0.29, 0.717) is 29.8 Å². The van der Waals surface area contributed by atoms with Gasteiger partial charge in [-0.05, 0) is 35.7 Å². The van der Waals surface area contributed by atoms with Crippen LogP contribution < -0.4 is 0 Å². The Kier molecular flexibility index (Phi) is 4.50. The van der Waals surface area contributed by atoms with Gasteiger partial charge in [0.25, 0.3) is 0 Å². The molecular formula is C22H19FN2O. The van der Waals surface area contributed by atoms with Crippen molar-refractivity contribution in [1.29, 1.82) is 0 Å². The molecule has 0 atom stereocenters. The van der Waals surface area contributed by atoms with Crippen LogP contribution in [0.5, 0.6) is 0 Å². The molecular weight excluding hydrogens is 327 g/mol. The molecule has 0 amide bonds. The van der Waals surface area contributed by atoms with Gasteiger partial charge in [0.15, 0.2) is 0 Å². The van der Waals surface area contributed by atoms with E-state index >= 15 is 0 Å². The zero-order valence-electron chi connectivity index (χ0n) is 14.3. The highest BCUT2D eigenvalue weighted by Gasteiger charge is 2.17. The van der Waals surface area contributed by atoms with Crippen molar-refractivity contribution in [2.45, 2.75) is 19.4 Å². The molecule has 1 aliphatic carbocycles. The zero-order chi connectivity index (χ0) is 17.9. The van der Waals surface area contributed by atoms with Gasteiger partial charge < -0.3 is 5.11 Å². The lowest BCUT2D eigenvalue weighted by Crippen LogP contribution is -2.03. The van der Waals surface area contributed by atoms with Crippen LogP contribution >= 0.6 is 0 Å². The molecule has 0 spiro atoms. The lowest BCUT2D eigenvalue weighted by atomic mass is 10.0. The number of aromatic nitrogens is 2. The van der Waals surface area contributed by atoms with Gasteiger partial charge in [-0.15, -0.1) is 0 Å². The number of nitrogens with zero attached hydrogens (tertiary/aromatic N) is 2. The minimum Gasteiger partial charge on any atom is -0.390 e. The molecule has 3 nitrogen and oxygen atoms in total. The highest BCUT2D eigenvalue weighted by Crippen LogP contribution is 2.31. The Balaban J connectivity index is 1.76. The first-order valence-electron chi connectivity index (χ1n) is 8.67. The Bertz CT molecular complexity index is 969. The van der Waals surface area contributed by atoms with Crippen molar-refractivity contribution in [2.24, 2.45) is 0 Å². The fraction of sp³-hybridized carbons (Fsp3) is 0.136. The SMILES string of the molecule is OCc1cc(C2=C(F)CCC=C2)n(-c2ccc(-c3ccccc3)cc2)n1. The predicted molar refractivity (Wildman–Crippen MR) is 101 cm³/mol. The Morgan fingerprint density at radius 2 is 1.73 bits per heavy atom. The largest absolute Gasteiger partial charge is 0.390 e. The second-order valence-electron chi connectivity index (χ2n) is 6.26. The van der Waals surface area contributed by atoms with Crippen LogP contribution in [-0.2, 0) is 6.61 Å². The summed E-state index contributed by atoms with van der Waals surface area (Å²) in [5.74, 6) is -0.140. The van der Waals surface area contributed by atoms with Crippen LogP contribution in [0.2, 0.25) is 0 Å². The first kappa shape index (κ1) is 16.5. The fourth-order valence-corrected chi connectivity index (χ4v) is 3.18. The van der Waals surface area contributed by atoms with E-state index in [4.69, 9.17) is 0 Å². The Morgan fingerprint density at radius 1 is 1.00 bits per heavy atom. The van der Waals surface area contributed by atoms with Gasteiger partial charge in [-0.1, -0.05) is 54.6 Å². The number of rotatable bonds is 4. The molecule has 0 unspecified atom stereocenters. The average molecular weight is 346 g/mol. The first-order chi connectivity index (χ1) is 12.8. The molecule has 0 aliphatic heterocycles. The quantitative estimate of drug-likeness (QED) is 0.717. The van der Waals surface area contributed by atoms with Crippen molar-refractivity contribution in [3.8, 4) is 16.8 Å². The van der Waals surface area contributed by atoms with Crippen LogP contribution in [-0.4, -0.2) is 14.9 Å². The number of hydrogen-bond acceptors (Lipinski definition) is 2. The van der Waals surface area contributed by atoms with Gasteiger partial charge in [0.05, 0.1) is 23.7 Å². The summed E-state index contributed by atoms with van der Waals surface area (Å²) < 4.78 is 16.1. The Labute approximate surface area is 151 Å². The van der Waals surface area contributed by atoms with Crippen molar-refractivity contribution in [3.63, 3.8) is 0 Å².